The van der Waals surface area contributed by atoms with E-state index in [9.17, 15) is 0 Å². The van der Waals surface area contributed by atoms with E-state index in [-0.39, 0.29) is 0 Å². The van der Waals surface area contributed by atoms with Crippen LogP contribution in [-0.4, -0.2) is 19.8 Å². The Bertz CT molecular complexity index is 1100. The predicted molar refractivity (Wildman–Crippen MR) is 138 cm³/mol. The summed E-state index contributed by atoms with van der Waals surface area (Å²) in [5.41, 5.74) is 3.49. The number of benzene rings is 4. The zero-order valence-corrected chi connectivity index (χ0v) is 19.4. The summed E-state index contributed by atoms with van der Waals surface area (Å²) in [5, 5.41) is 3.47. The van der Waals surface area contributed by atoms with Gasteiger partial charge >= 0.3 is 0 Å². The van der Waals surface area contributed by atoms with Gasteiger partial charge in [-0.15, -0.1) is 0 Å². The summed E-state index contributed by atoms with van der Waals surface area (Å²) in [6, 6.07) is 36.5. The molecule has 0 aromatic heterocycles. The van der Waals surface area contributed by atoms with E-state index in [0.29, 0.717) is 26.4 Å². The SMILES string of the molecule is c1ccc(CCCOc2ccc(NCc3ccccc3OCCOc3ccccc3)cc2)cc1. The number of nitrogens with one attached hydrogen (secondary N) is 1. The maximum atomic E-state index is 5.97. The van der Waals surface area contributed by atoms with Crippen molar-refractivity contribution in [2.75, 3.05) is 25.1 Å². The van der Waals surface area contributed by atoms with Gasteiger partial charge in [-0.2, -0.15) is 0 Å². The van der Waals surface area contributed by atoms with Crippen molar-refractivity contribution < 1.29 is 14.2 Å². The minimum atomic E-state index is 0.488. The summed E-state index contributed by atoms with van der Waals surface area (Å²) in [4.78, 5) is 0. The van der Waals surface area contributed by atoms with Gasteiger partial charge in [0.1, 0.15) is 30.5 Å². The van der Waals surface area contributed by atoms with Crippen LogP contribution in [0.3, 0.4) is 0 Å². The van der Waals surface area contributed by atoms with Crippen molar-refractivity contribution >= 4 is 5.69 Å². The van der Waals surface area contributed by atoms with E-state index in [4.69, 9.17) is 14.2 Å². The molecule has 0 saturated carbocycles. The summed E-state index contributed by atoms with van der Waals surface area (Å²) in [7, 11) is 0. The first-order valence-electron chi connectivity index (χ1n) is 11.8. The van der Waals surface area contributed by atoms with Crippen LogP contribution in [0.1, 0.15) is 17.5 Å². The van der Waals surface area contributed by atoms with Gasteiger partial charge in [-0.1, -0.05) is 66.7 Å². The van der Waals surface area contributed by atoms with Crippen LogP contribution in [-0.2, 0) is 13.0 Å². The number of rotatable bonds is 13. The number of ether oxygens (including phenoxy) is 3. The minimum Gasteiger partial charge on any atom is -0.494 e. The lowest BCUT2D eigenvalue weighted by atomic mass is 10.1. The third kappa shape index (κ3) is 7.59. The zero-order valence-electron chi connectivity index (χ0n) is 19.4. The van der Waals surface area contributed by atoms with E-state index in [1.54, 1.807) is 0 Å². The monoisotopic (exact) mass is 453 g/mol. The molecular weight excluding hydrogens is 422 g/mol. The second-order valence-electron chi connectivity index (χ2n) is 7.93. The lowest BCUT2D eigenvalue weighted by Crippen LogP contribution is -2.10. The van der Waals surface area contributed by atoms with Gasteiger partial charge in [0, 0.05) is 17.8 Å². The maximum absolute atomic E-state index is 5.97. The molecule has 0 radical (unpaired) electrons. The normalized spacial score (nSPS) is 10.5. The first-order chi connectivity index (χ1) is 16.9. The third-order valence-electron chi connectivity index (χ3n) is 5.38. The highest BCUT2D eigenvalue weighted by Crippen LogP contribution is 2.21. The molecule has 4 heteroatoms. The molecule has 0 fully saturated rings. The van der Waals surface area contributed by atoms with Crippen molar-refractivity contribution in [2.24, 2.45) is 0 Å². The quantitative estimate of drug-likeness (QED) is 0.227. The number of anilines is 1. The Kier molecular flexibility index (Phi) is 8.85. The molecule has 0 bridgehead atoms. The average Bonchev–Trinajstić information content (AvgIpc) is 2.90. The van der Waals surface area contributed by atoms with Crippen LogP contribution in [0.15, 0.2) is 109 Å². The van der Waals surface area contributed by atoms with E-state index >= 15 is 0 Å². The van der Waals surface area contributed by atoms with Crippen LogP contribution in [0.25, 0.3) is 0 Å². The molecule has 0 aliphatic carbocycles. The van der Waals surface area contributed by atoms with Crippen LogP contribution in [0.4, 0.5) is 5.69 Å². The summed E-state index contributed by atoms with van der Waals surface area (Å²) in [6.07, 6.45) is 2.03. The molecule has 4 rings (SSSR count). The van der Waals surface area contributed by atoms with Crippen molar-refractivity contribution in [3.63, 3.8) is 0 Å². The Morgan fingerprint density at radius 2 is 1.15 bits per heavy atom. The molecule has 4 aromatic carbocycles. The lowest BCUT2D eigenvalue weighted by Gasteiger charge is -2.14. The molecule has 0 heterocycles. The van der Waals surface area contributed by atoms with Gasteiger partial charge < -0.3 is 19.5 Å². The summed E-state index contributed by atoms with van der Waals surface area (Å²) in [5.74, 6) is 2.61. The van der Waals surface area contributed by atoms with E-state index in [1.807, 2.05) is 78.9 Å². The largest absolute Gasteiger partial charge is 0.494 e. The van der Waals surface area contributed by atoms with Crippen molar-refractivity contribution in [1.29, 1.82) is 0 Å². The first-order valence-corrected chi connectivity index (χ1v) is 11.8. The summed E-state index contributed by atoms with van der Waals surface area (Å²) >= 11 is 0. The Morgan fingerprint density at radius 3 is 1.94 bits per heavy atom. The van der Waals surface area contributed by atoms with Gasteiger partial charge in [-0.25, -0.2) is 0 Å². The Labute approximate surface area is 202 Å². The Balaban J connectivity index is 1.19. The number of hydrogen-bond acceptors (Lipinski definition) is 4. The first kappa shape index (κ1) is 23.2. The smallest absolute Gasteiger partial charge is 0.124 e. The van der Waals surface area contributed by atoms with E-state index in [2.05, 4.69) is 35.6 Å². The van der Waals surface area contributed by atoms with Crippen LogP contribution in [0, 0.1) is 0 Å². The lowest BCUT2D eigenvalue weighted by molar-refractivity contribution is 0.216. The number of para-hydroxylation sites is 2. The fraction of sp³-hybridized carbons (Fsp3) is 0.200. The average molecular weight is 454 g/mol. The molecule has 0 saturated heterocycles. The molecule has 0 atom stereocenters. The van der Waals surface area contributed by atoms with Crippen molar-refractivity contribution in [1.82, 2.24) is 0 Å². The fourth-order valence-corrected chi connectivity index (χ4v) is 3.60. The van der Waals surface area contributed by atoms with E-state index in [1.165, 1.54) is 5.56 Å². The van der Waals surface area contributed by atoms with Crippen molar-refractivity contribution in [3.05, 3.63) is 120 Å². The summed E-state index contributed by atoms with van der Waals surface area (Å²) < 4.78 is 17.6. The topological polar surface area (TPSA) is 39.7 Å². The Hall–Kier alpha value is -3.92. The van der Waals surface area contributed by atoms with Crippen LogP contribution in [0.2, 0.25) is 0 Å². The molecular formula is C30H31NO3. The molecule has 34 heavy (non-hydrogen) atoms. The van der Waals surface area contributed by atoms with Crippen LogP contribution < -0.4 is 19.5 Å². The van der Waals surface area contributed by atoms with Gasteiger partial charge in [0.25, 0.3) is 0 Å². The fourth-order valence-electron chi connectivity index (χ4n) is 3.60. The van der Waals surface area contributed by atoms with Crippen molar-refractivity contribution in [3.8, 4) is 17.2 Å². The highest BCUT2D eigenvalue weighted by atomic mass is 16.5. The maximum Gasteiger partial charge on any atom is 0.124 e. The molecule has 174 valence electrons. The molecule has 0 aliphatic rings. The second kappa shape index (κ2) is 12.9. The third-order valence-corrected chi connectivity index (χ3v) is 5.38. The Morgan fingerprint density at radius 1 is 0.529 bits per heavy atom. The van der Waals surface area contributed by atoms with E-state index in [0.717, 1.165) is 41.3 Å². The standard InChI is InChI=1S/C30H31NO3/c1-3-10-25(11-4-1)12-9-21-32-29-19-17-27(18-20-29)31-24-26-13-7-8-16-30(26)34-23-22-33-28-14-5-2-6-15-28/h1-8,10-11,13-20,31H,9,12,21-24H2. The van der Waals surface area contributed by atoms with Gasteiger partial charge in [0.2, 0.25) is 0 Å². The molecule has 0 amide bonds. The van der Waals surface area contributed by atoms with E-state index < -0.39 is 0 Å². The minimum absolute atomic E-state index is 0.488. The molecule has 0 spiro atoms. The molecule has 0 unspecified atom stereocenters. The van der Waals surface area contributed by atoms with Crippen molar-refractivity contribution in [2.45, 2.75) is 19.4 Å². The highest BCUT2D eigenvalue weighted by molar-refractivity contribution is 5.48. The predicted octanol–water partition coefficient (Wildman–Crippen LogP) is 6.77. The van der Waals surface area contributed by atoms with Crippen LogP contribution >= 0.6 is 0 Å². The second-order valence-corrected chi connectivity index (χ2v) is 7.93. The van der Waals surface area contributed by atoms with Gasteiger partial charge in [0.05, 0.1) is 6.61 Å². The number of hydrogen-bond donors (Lipinski definition) is 1. The molecule has 0 aliphatic heterocycles. The summed E-state index contributed by atoms with van der Waals surface area (Å²) in [6.45, 7) is 2.37. The molecule has 1 N–H and O–H groups in total. The van der Waals surface area contributed by atoms with Crippen LogP contribution in [0.5, 0.6) is 17.2 Å². The van der Waals surface area contributed by atoms with Gasteiger partial charge in [0.15, 0.2) is 0 Å². The highest BCUT2D eigenvalue weighted by Gasteiger charge is 2.04. The molecule has 4 nitrogen and oxygen atoms in total. The number of aryl methyl sites for hydroxylation is 1. The van der Waals surface area contributed by atoms with Gasteiger partial charge in [-0.05, 0) is 60.9 Å². The molecule has 4 aromatic rings. The zero-order chi connectivity index (χ0) is 23.3. The van der Waals surface area contributed by atoms with Gasteiger partial charge in [-0.3, -0.25) is 0 Å².